The summed E-state index contributed by atoms with van der Waals surface area (Å²) in [6.07, 6.45) is 3.93. The Labute approximate surface area is 127 Å². The molecule has 0 spiro atoms. The number of fused-ring (bicyclic) bond motifs is 1. The molecule has 1 aromatic rings. The molecule has 0 saturated carbocycles. The number of likely N-dealkylation sites (N-methyl/N-ethyl adjacent to an activating group) is 1. The fourth-order valence-corrected chi connectivity index (χ4v) is 3.56. The van der Waals surface area contributed by atoms with Crippen molar-refractivity contribution in [3.8, 4) is 5.75 Å². The predicted octanol–water partition coefficient (Wildman–Crippen LogP) is 3.23. The number of amides is 1. The summed E-state index contributed by atoms with van der Waals surface area (Å²) < 4.78 is 6.31. The minimum atomic E-state index is -0.0118. The maximum atomic E-state index is 12.1. The SMILES string of the molecule is CCN1C(=O)C(=CC2=Cc3ccccc3OC2)SC1=S. The maximum absolute atomic E-state index is 12.1. The number of ether oxygens (including phenoxy) is 1. The van der Waals surface area contributed by atoms with Gasteiger partial charge >= 0.3 is 0 Å². The molecule has 2 aliphatic rings. The van der Waals surface area contributed by atoms with Crippen molar-refractivity contribution in [1.29, 1.82) is 0 Å². The molecular weight excluding hydrogens is 290 g/mol. The summed E-state index contributed by atoms with van der Waals surface area (Å²) in [7, 11) is 0. The maximum Gasteiger partial charge on any atom is 0.266 e. The number of hydrogen-bond acceptors (Lipinski definition) is 4. The molecule has 5 heteroatoms. The molecule has 0 aromatic heterocycles. The van der Waals surface area contributed by atoms with Crippen molar-refractivity contribution in [1.82, 2.24) is 4.90 Å². The van der Waals surface area contributed by atoms with E-state index >= 15 is 0 Å². The van der Waals surface area contributed by atoms with Gasteiger partial charge in [0.25, 0.3) is 5.91 Å². The summed E-state index contributed by atoms with van der Waals surface area (Å²) in [6, 6.07) is 7.86. The number of carbonyl (C=O) groups is 1. The lowest BCUT2D eigenvalue weighted by atomic mass is 10.1. The van der Waals surface area contributed by atoms with Crippen molar-refractivity contribution in [2.45, 2.75) is 6.92 Å². The van der Waals surface area contributed by atoms with Crippen LogP contribution in [-0.2, 0) is 4.79 Å². The summed E-state index contributed by atoms with van der Waals surface area (Å²) in [5.74, 6) is 0.869. The molecule has 0 N–H and O–H groups in total. The van der Waals surface area contributed by atoms with Crippen LogP contribution in [-0.4, -0.2) is 28.3 Å². The van der Waals surface area contributed by atoms with Gasteiger partial charge in [0.1, 0.15) is 16.7 Å². The van der Waals surface area contributed by atoms with Gasteiger partial charge in [-0.25, -0.2) is 0 Å². The van der Waals surface area contributed by atoms with E-state index in [0.717, 1.165) is 16.9 Å². The third-order valence-corrected chi connectivity index (χ3v) is 4.54. The van der Waals surface area contributed by atoms with Crippen LogP contribution in [0, 0.1) is 0 Å². The monoisotopic (exact) mass is 303 g/mol. The number of thiocarbonyl (C=S) groups is 1. The molecule has 0 bridgehead atoms. The number of nitrogens with zero attached hydrogens (tertiary/aromatic N) is 1. The highest BCUT2D eigenvalue weighted by Gasteiger charge is 2.30. The van der Waals surface area contributed by atoms with Crippen LogP contribution >= 0.6 is 24.0 Å². The lowest BCUT2D eigenvalue weighted by Gasteiger charge is -2.16. The van der Waals surface area contributed by atoms with Crippen molar-refractivity contribution in [3.63, 3.8) is 0 Å². The summed E-state index contributed by atoms with van der Waals surface area (Å²) in [4.78, 5) is 14.4. The highest BCUT2D eigenvalue weighted by Crippen LogP contribution is 2.33. The van der Waals surface area contributed by atoms with Crippen molar-refractivity contribution in [2.24, 2.45) is 0 Å². The number of para-hydroxylation sites is 1. The first kappa shape index (κ1) is 13.4. The van der Waals surface area contributed by atoms with Crippen molar-refractivity contribution in [2.75, 3.05) is 13.2 Å². The Morgan fingerprint density at radius 1 is 1.45 bits per heavy atom. The Hall–Kier alpha value is -1.59. The first-order valence-corrected chi connectivity index (χ1v) is 7.59. The van der Waals surface area contributed by atoms with E-state index in [1.807, 2.05) is 37.3 Å². The minimum Gasteiger partial charge on any atom is -0.488 e. The number of hydrogen-bond donors (Lipinski definition) is 0. The third-order valence-electron chi connectivity index (χ3n) is 3.16. The number of rotatable bonds is 2. The van der Waals surface area contributed by atoms with E-state index < -0.39 is 0 Å². The van der Waals surface area contributed by atoms with Gasteiger partial charge < -0.3 is 4.74 Å². The third kappa shape index (κ3) is 2.39. The summed E-state index contributed by atoms with van der Waals surface area (Å²) in [5, 5.41) is 0. The minimum absolute atomic E-state index is 0.0118. The van der Waals surface area contributed by atoms with E-state index in [9.17, 15) is 4.79 Å². The van der Waals surface area contributed by atoms with Gasteiger partial charge in [-0.1, -0.05) is 42.2 Å². The summed E-state index contributed by atoms with van der Waals surface area (Å²) in [5.41, 5.74) is 2.02. The van der Waals surface area contributed by atoms with E-state index in [0.29, 0.717) is 22.4 Å². The molecule has 2 aliphatic heterocycles. The van der Waals surface area contributed by atoms with E-state index in [-0.39, 0.29) is 5.91 Å². The fourth-order valence-electron chi connectivity index (χ4n) is 2.16. The quantitative estimate of drug-likeness (QED) is 0.620. The molecule has 0 radical (unpaired) electrons. The molecule has 20 heavy (non-hydrogen) atoms. The van der Waals surface area contributed by atoms with Crippen molar-refractivity contribution in [3.05, 3.63) is 46.4 Å². The second-order valence-corrected chi connectivity index (χ2v) is 6.15. The topological polar surface area (TPSA) is 29.5 Å². The Kier molecular flexibility index (Phi) is 3.63. The number of carbonyl (C=O) groups excluding carboxylic acids is 1. The molecule has 0 unspecified atom stereocenters. The van der Waals surface area contributed by atoms with Crippen LogP contribution in [0.15, 0.2) is 40.8 Å². The normalized spacial score (nSPS) is 19.9. The first-order chi connectivity index (χ1) is 9.69. The lowest BCUT2D eigenvalue weighted by Crippen LogP contribution is -2.27. The van der Waals surface area contributed by atoms with Gasteiger partial charge in [-0.15, -0.1) is 0 Å². The molecule has 1 saturated heterocycles. The van der Waals surface area contributed by atoms with Crippen LogP contribution in [0.2, 0.25) is 0 Å². The van der Waals surface area contributed by atoms with Crippen molar-refractivity contribution < 1.29 is 9.53 Å². The standard InChI is InChI=1S/C15H13NO2S2/c1-2-16-14(17)13(20-15(16)19)8-10-7-11-5-3-4-6-12(11)18-9-10/h3-8H,2,9H2,1H3. The molecule has 1 fully saturated rings. The van der Waals surface area contributed by atoms with Gasteiger partial charge in [0.05, 0.1) is 4.91 Å². The van der Waals surface area contributed by atoms with Crippen LogP contribution in [0.5, 0.6) is 5.75 Å². The summed E-state index contributed by atoms with van der Waals surface area (Å²) in [6.45, 7) is 3.01. The molecule has 2 heterocycles. The molecule has 3 nitrogen and oxygen atoms in total. The van der Waals surface area contributed by atoms with Gasteiger partial charge in [-0.05, 0) is 30.7 Å². The zero-order chi connectivity index (χ0) is 14.1. The zero-order valence-corrected chi connectivity index (χ0v) is 12.6. The van der Waals surface area contributed by atoms with Gasteiger partial charge in [0.2, 0.25) is 0 Å². The van der Waals surface area contributed by atoms with Gasteiger partial charge in [-0.2, -0.15) is 0 Å². The van der Waals surface area contributed by atoms with Crippen LogP contribution in [0.3, 0.4) is 0 Å². The Balaban J connectivity index is 1.89. The van der Waals surface area contributed by atoms with E-state index in [1.54, 1.807) is 4.90 Å². The largest absolute Gasteiger partial charge is 0.488 e. The Bertz CT molecular complexity index is 649. The molecule has 3 rings (SSSR count). The Morgan fingerprint density at radius 3 is 3.00 bits per heavy atom. The van der Waals surface area contributed by atoms with E-state index in [4.69, 9.17) is 17.0 Å². The van der Waals surface area contributed by atoms with Crippen LogP contribution < -0.4 is 4.74 Å². The lowest BCUT2D eigenvalue weighted by molar-refractivity contribution is -0.122. The number of thioether (sulfide) groups is 1. The predicted molar refractivity (Wildman–Crippen MR) is 85.6 cm³/mol. The van der Waals surface area contributed by atoms with Crippen LogP contribution in [0.1, 0.15) is 12.5 Å². The second-order valence-electron chi connectivity index (χ2n) is 4.47. The zero-order valence-electron chi connectivity index (χ0n) is 11.0. The molecule has 0 aliphatic carbocycles. The average Bonchev–Trinajstić information content (AvgIpc) is 2.73. The fraction of sp³-hybridized carbons (Fsp3) is 0.200. The smallest absolute Gasteiger partial charge is 0.266 e. The van der Waals surface area contributed by atoms with E-state index in [1.165, 1.54) is 11.8 Å². The summed E-state index contributed by atoms with van der Waals surface area (Å²) >= 11 is 6.55. The highest BCUT2D eigenvalue weighted by molar-refractivity contribution is 8.26. The first-order valence-electron chi connectivity index (χ1n) is 6.37. The van der Waals surface area contributed by atoms with Gasteiger partial charge in [0.15, 0.2) is 0 Å². The molecular formula is C15H13NO2S2. The number of benzene rings is 1. The Morgan fingerprint density at radius 2 is 2.25 bits per heavy atom. The van der Waals surface area contributed by atoms with Gasteiger partial charge in [-0.3, -0.25) is 9.69 Å². The molecule has 0 atom stereocenters. The van der Waals surface area contributed by atoms with Gasteiger partial charge in [0, 0.05) is 12.1 Å². The molecule has 102 valence electrons. The highest BCUT2D eigenvalue weighted by atomic mass is 32.2. The molecule has 1 aromatic carbocycles. The van der Waals surface area contributed by atoms with E-state index in [2.05, 4.69) is 6.08 Å². The molecule has 1 amide bonds. The van der Waals surface area contributed by atoms with Crippen molar-refractivity contribution >= 4 is 40.3 Å². The van der Waals surface area contributed by atoms with Crippen LogP contribution in [0.25, 0.3) is 6.08 Å². The second kappa shape index (κ2) is 5.42. The van der Waals surface area contributed by atoms with Crippen LogP contribution in [0.4, 0.5) is 0 Å². The average molecular weight is 303 g/mol.